The molecule has 2 unspecified atom stereocenters. The minimum Gasteiger partial charge on any atom is -0.463 e. The number of carbonyl (C=O) groups excluding carboxylic acids is 4. The summed E-state index contributed by atoms with van der Waals surface area (Å²) in [6.45, 7) is 4.49. The number of carbonyl (C=O) groups is 4. The molecule has 1 aliphatic rings. The van der Waals surface area contributed by atoms with E-state index in [1.165, 1.54) is 13.8 Å². The summed E-state index contributed by atoms with van der Waals surface area (Å²) >= 11 is 0. The Morgan fingerprint density at radius 3 is 2.26 bits per heavy atom. The molecule has 12 heteroatoms. The van der Waals surface area contributed by atoms with Crippen molar-refractivity contribution in [3.63, 3.8) is 0 Å². The van der Waals surface area contributed by atoms with Crippen LogP contribution in [0.15, 0.2) is 5.11 Å². The quantitative estimate of drug-likeness (QED) is 0.213. The number of nitrogens with one attached hydrogen (secondary N) is 1. The van der Waals surface area contributed by atoms with Crippen molar-refractivity contribution < 1.29 is 38.1 Å². The van der Waals surface area contributed by atoms with E-state index in [-0.39, 0.29) is 6.61 Å². The van der Waals surface area contributed by atoms with Crippen molar-refractivity contribution in [3.8, 4) is 0 Å². The zero-order chi connectivity index (χ0) is 20.6. The maximum atomic E-state index is 11.9. The highest BCUT2D eigenvalue weighted by Gasteiger charge is 2.48. The highest BCUT2D eigenvalue weighted by molar-refractivity contribution is 5.78. The molecule has 1 heterocycles. The van der Waals surface area contributed by atoms with Gasteiger partial charge in [-0.2, -0.15) is 0 Å². The molecule has 5 atom stereocenters. The summed E-state index contributed by atoms with van der Waals surface area (Å²) in [5, 5.41) is 5.70. The Morgan fingerprint density at radius 2 is 1.74 bits per heavy atom. The van der Waals surface area contributed by atoms with Crippen molar-refractivity contribution in [2.45, 2.75) is 52.2 Å². The van der Waals surface area contributed by atoms with Crippen molar-refractivity contribution in [2.75, 3.05) is 13.2 Å². The highest BCUT2D eigenvalue weighted by atomic mass is 16.7. The van der Waals surface area contributed by atoms with Crippen molar-refractivity contribution in [3.05, 3.63) is 10.4 Å². The Bertz CT molecular complexity index is 633. The molecule has 0 bridgehead atoms. The topological polar surface area (TPSA) is 166 Å². The Balaban J connectivity index is 3.07. The average molecular weight is 386 g/mol. The van der Waals surface area contributed by atoms with Crippen molar-refractivity contribution >= 4 is 23.8 Å². The maximum absolute atomic E-state index is 11.9. The lowest BCUT2D eigenvalue weighted by Gasteiger charge is -2.44. The molecule has 0 saturated carbocycles. The first-order chi connectivity index (χ1) is 12.6. The third-order valence-electron chi connectivity index (χ3n) is 3.69. The van der Waals surface area contributed by atoms with Gasteiger partial charge in [0, 0.05) is 31.6 Å². The van der Waals surface area contributed by atoms with Gasteiger partial charge in [-0.1, -0.05) is 12.0 Å². The van der Waals surface area contributed by atoms with Gasteiger partial charge in [-0.15, -0.1) is 0 Å². The van der Waals surface area contributed by atoms with E-state index in [2.05, 4.69) is 15.3 Å². The first-order valence-electron chi connectivity index (χ1n) is 8.09. The van der Waals surface area contributed by atoms with Gasteiger partial charge in [0.25, 0.3) is 0 Å². The molecule has 0 aromatic carbocycles. The van der Waals surface area contributed by atoms with E-state index >= 15 is 0 Å². The molecule has 27 heavy (non-hydrogen) atoms. The van der Waals surface area contributed by atoms with Crippen LogP contribution in [-0.2, 0) is 38.1 Å². The van der Waals surface area contributed by atoms with Crippen LogP contribution in [0.4, 0.5) is 0 Å². The van der Waals surface area contributed by atoms with Crippen molar-refractivity contribution in [2.24, 2.45) is 11.0 Å². The first kappa shape index (κ1) is 22.2. The predicted octanol–water partition coefficient (Wildman–Crippen LogP) is 0.200. The molecule has 0 radical (unpaired) electrons. The smallest absolute Gasteiger partial charge is 0.305 e. The molecule has 1 aliphatic heterocycles. The number of ether oxygens (including phenoxy) is 4. The van der Waals surface area contributed by atoms with Gasteiger partial charge >= 0.3 is 17.9 Å². The summed E-state index contributed by atoms with van der Waals surface area (Å²) < 4.78 is 20.9. The lowest BCUT2D eigenvalue weighted by molar-refractivity contribution is -0.256. The van der Waals surface area contributed by atoms with Gasteiger partial charge in [0.15, 0.2) is 0 Å². The van der Waals surface area contributed by atoms with E-state index in [0.29, 0.717) is 0 Å². The predicted molar refractivity (Wildman–Crippen MR) is 87.7 cm³/mol. The molecule has 0 aliphatic carbocycles. The fourth-order valence-electron chi connectivity index (χ4n) is 2.63. The van der Waals surface area contributed by atoms with Crippen LogP contribution in [0.25, 0.3) is 10.4 Å². The number of esters is 3. The lowest BCUT2D eigenvalue weighted by Crippen LogP contribution is -2.62. The zero-order valence-corrected chi connectivity index (χ0v) is 15.4. The van der Waals surface area contributed by atoms with Crippen molar-refractivity contribution in [1.82, 2.24) is 5.32 Å². The van der Waals surface area contributed by atoms with Crippen LogP contribution in [0.3, 0.4) is 0 Å². The van der Waals surface area contributed by atoms with Crippen LogP contribution >= 0.6 is 0 Å². The monoisotopic (exact) mass is 386 g/mol. The molecular formula is C15H22N4O8. The molecule has 1 fully saturated rings. The van der Waals surface area contributed by atoms with Crippen LogP contribution in [0, 0.1) is 5.92 Å². The largest absolute Gasteiger partial charge is 0.463 e. The van der Waals surface area contributed by atoms with Gasteiger partial charge in [0.2, 0.25) is 12.2 Å². The zero-order valence-electron chi connectivity index (χ0n) is 15.4. The molecule has 12 nitrogen and oxygen atoms in total. The second kappa shape index (κ2) is 10.3. The number of hydrogen-bond donors (Lipinski definition) is 1. The average Bonchev–Trinajstić information content (AvgIpc) is 2.56. The van der Waals surface area contributed by atoms with E-state index in [0.717, 1.165) is 6.92 Å². The summed E-state index contributed by atoms with van der Waals surface area (Å²) in [6.07, 6.45) is -3.03. The molecule has 1 saturated heterocycles. The second-order valence-electron chi connectivity index (χ2n) is 5.87. The maximum Gasteiger partial charge on any atom is 0.305 e. The Morgan fingerprint density at radius 1 is 1.11 bits per heavy atom. The van der Waals surface area contributed by atoms with Crippen LogP contribution in [0.2, 0.25) is 0 Å². The number of rotatable bonds is 7. The summed E-state index contributed by atoms with van der Waals surface area (Å²) in [7, 11) is 0. The fraction of sp³-hybridized carbons (Fsp3) is 0.733. The highest BCUT2D eigenvalue weighted by Crippen LogP contribution is 2.29. The van der Waals surface area contributed by atoms with Crippen LogP contribution in [0.1, 0.15) is 27.7 Å². The van der Waals surface area contributed by atoms with Crippen LogP contribution < -0.4 is 5.32 Å². The van der Waals surface area contributed by atoms with E-state index < -0.39 is 60.8 Å². The normalized spacial score (nSPS) is 26.9. The van der Waals surface area contributed by atoms with Gasteiger partial charge < -0.3 is 24.3 Å². The Kier molecular flexibility index (Phi) is 8.49. The molecule has 0 aromatic heterocycles. The van der Waals surface area contributed by atoms with Crippen LogP contribution in [0.5, 0.6) is 0 Å². The summed E-state index contributed by atoms with van der Waals surface area (Å²) in [4.78, 5) is 48.4. The second-order valence-corrected chi connectivity index (χ2v) is 5.87. The molecule has 1 N–H and O–H groups in total. The first-order valence-corrected chi connectivity index (χ1v) is 8.09. The van der Waals surface area contributed by atoms with E-state index in [1.54, 1.807) is 6.92 Å². The van der Waals surface area contributed by atoms with Gasteiger partial charge in [-0.3, -0.25) is 19.2 Å². The minimum atomic E-state index is -1.22. The van der Waals surface area contributed by atoms with E-state index in [1.807, 2.05) is 0 Å². The van der Waals surface area contributed by atoms with Gasteiger partial charge in [0.05, 0.1) is 6.04 Å². The number of azide groups is 1. The summed E-state index contributed by atoms with van der Waals surface area (Å²) in [5.41, 5.74) is 8.31. The molecule has 0 aromatic rings. The van der Waals surface area contributed by atoms with Gasteiger partial charge in [0.1, 0.15) is 25.4 Å². The number of nitrogens with zero attached hydrogens (tertiary/aromatic N) is 3. The fourth-order valence-corrected chi connectivity index (χ4v) is 2.63. The number of amides is 1. The van der Waals surface area contributed by atoms with Crippen LogP contribution in [-0.4, -0.2) is 61.5 Å². The summed E-state index contributed by atoms with van der Waals surface area (Å²) in [6, 6.07) is -0.895. The van der Waals surface area contributed by atoms with Crippen molar-refractivity contribution in [1.29, 1.82) is 0 Å². The third kappa shape index (κ3) is 7.12. The number of hydrogen-bond acceptors (Lipinski definition) is 9. The molecule has 1 rings (SSSR count). The Labute approximate surface area is 155 Å². The standard InChI is InChI=1S/C15H22N4O8/c1-7-13(18-12(23)5-17-19-16)15(26-10(4)22)27-11(6-24-8(2)20)14(7)25-9(3)21/h7,11,13-15H,5-6H2,1-4H3,(H,18,23)/t7-,11?,13?,14-,15-/m1/s1. The lowest BCUT2D eigenvalue weighted by atomic mass is 9.88. The van der Waals surface area contributed by atoms with E-state index in [9.17, 15) is 19.2 Å². The summed E-state index contributed by atoms with van der Waals surface area (Å²) in [5.74, 6) is -3.05. The minimum absolute atomic E-state index is 0.241. The van der Waals surface area contributed by atoms with Gasteiger partial charge in [-0.05, 0) is 5.53 Å². The molecule has 1 amide bonds. The molecule has 150 valence electrons. The molecular weight excluding hydrogens is 364 g/mol. The third-order valence-corrected chi connectivity index (χ3v) is 3.69. The molecule has 0 spiro atoms. The Hall–Kier alpha value is -2.85. The van der Waals surface area contributed by atoms with E-state index in [4.69, 9.17) is 24.5 Å². The van der Waals surface area contributed by atoms with Gasteiger partial charge in [-0.25, -0.2) is 0 Å². The SMILES string of the molecule is CC(=O)OCC1O[C@@H](OC(C)=O)C(NC(=O)CN=[N+]=[N-])[C@@H](C)[C@H]1OC(C)=O.